The zero-order valence-corrected chi connectivity index (χ0v) is 8.15. The summed E-state index contributed by atoms with van der Waals surface area (Å²) in [6.45, 7) is 1.80. The fourth-order valence-corrected chi connectivity index (χ4v) is 1.04. The first-order valence-corrected chi connectivity index (χ1v) is 4.19. The lowest BCUT2D eigenvalue weighted by Gasteiger charge is -2.01. The monoisotopic (exact) mass is 192 g/mol. The highest BCUT2D eigenvalue weighted by Crippen LogP contribution is 2.22. The second-order valence-electron chi connectivity index (χ2n) is 2.87. The van der Waals surface area contributed by atoms with Crippen LogP contribution in [0.4, 0.5) is 0 Å². The van der Waals surface area contributed by atoms with Gasteiger partial charge >= 0.3 is 5.97 Å². The third-order valence-corrected chi connectivity index (χ3v) is 1.87. The largest absolute Gasteiger partial charge is 0.507 e. The number of rotatable bonds is 2. The molecule has 74 valence electrons. The van der Waals surface area contributed by atoms with Crippen molar-refractivity contribution in [3.8, 4) is 5.75 Å². The average Bonchev–Trinajstić information content (AvgIpc) is 2.20. The Morgan fingerprint density at radius 3 is 2.86 bits per heavy atom. The Kier molecular flexibility index (Phi) is 3.29. The molecule has 0 radical (unpaired) electrons. The Hall–Kier alpha value is -1.77. The van der Waals surface area contributed by atoms with E-state index in [0.717, 1.165) is 5.56 Å². The van der Waals surface area contributed by atoms with Crippen LogP contribution in [0, 0.1) is 6.92 Å². The van der Waals surface area contributed by atoms with Crippen LogP contribution in [0.5, 0.6) is 5.75 Å². The summed E-state index contributed by atoms with van der Waals surface area (Å²) in [5.41, 5.74) is 1.38. The van der Waals surface area contributed by atoms with Crippen LogP contribution < -0.4 is 0 Å². The highest BCUT2D eigenvalue weighted by Gasteiger charge is 2.00. The van der Waals surface area contributed by atoms with E-state index in [1.807, 2.05) is 6.07 Å². The van der Waals surface area contributed by atoms with Gasteiger partial charge in [-0.3, -0.25) is 0 Å². The van der Waals surface area contributed by atoms with Crippen LogP contribution in [0.3, 0.4) is 0 Å². The SMILES string of the molecule is COC(=O)C=Cc1cccc(C)c1O. The van der Waals surface area contributed by atoms with Crippen LogP contribution in [0.1, 0.15) is 11.1 Å². The van der Waals surface area contributed by atoms with Crippen LogP contribution in [0.15, 0.2) is 24.3 Å². The fraction of sp³-hybridized carbons (Fsp3) is 0.182. The average molecular weight is 192 g/mol. The highest BCUT2D eigenvalue weighted by molar-refractivity contribution is 5.87. The molecular weight excluding hydrogens is 180 g/mol. The second-order valence-corrected chi connectivity index (χ2v) is 2.87. The standard InChI is InChI=1S/C11H12O3/c1-8-4-3-5-9(11(8)13)6-7-10(12)14-2/h3-7,13H,1-2H3. The van der Waals surface area contributed by atoms with Crippen LogP contribution in [0.2, 0.25) is 0 Å². The minimum absolute atomic E-state index is 0.188. The number of benzene rings is 1. The van der Waals surface area contributed by atoms with E-state index in [1.165, 1.54) is 19.3 Å². The van der Waals surface area contributed by atoms with Crippen LogP contribution in [-0.2, 0) is 9.53 Å². The van der Waals surface area contributed by atoms with Crippen molar-refractivity contribution in [2.24, 2.45) is 0 Å². The quantitative estimate of drug-likeness (QED) is 0.575. The molecule has 0 bridgehead atoms. The molecule has 0 unspecified atom stereocenters. The minimum Gasteiger partial charge on any atom is -0.507 e. The topological polar surface area (TPSA) is 46.5 Å². The number of ether oxygens (including phenoxy) is 1. The van der Waals surface area contributed by atoms with Gasteiger partial charge in [0.15, 0.2) is 0 Å². The van der Waals surface area contributed by atoms with Gasteiger partial charge in [0.2, 0.25) is 0 Å². The molecule has 0 saturated heterocycles. The summed E-state index contributed by atoms with van der Waals surface area (Å²) < 4.78 is 4.43. The van der Waals surface area contributed by atoms with Crippen molar-refractivity contribution >= 4 is 12.0 Å². The van der Waals surface area contributed by atoms with Crippen molar-refractivity contribution in [1.82, 2.24) is 0 Å². The molecule has 0 fully saturated rings. The van der Waals surface area contributed by atoms with Crippen LogP contribution in [-0.4, -0.2) is 18.2 Å². The Labute approximate surface area is 82.6 Å². The Balaban J connectivity index is 2.92. The number of methoxy groups -OCH3 is 1. The van der Waals surface area contributed by atoms with Crippen LogP contribution >= 0.6 is 0 Å². The van der Waals surface area contributed by atoms with Gasteiger partial charge in [-0.05, 0) is 18.6 Å². The number of phenols is 1. The van der Waals surface area contributed by atoms with Crippen molar-refractivity contribution < 1.29 is 14.6 Å². The van der Waals surface area contributed by atoms with Gasteiger partial charge in [0.25, 0.3) is 0 Å². The number of para-hydroxylation sites is 1. The third-order valence-electron chi connectivity index (χ3n) is 1.87. The molecular formula is C11H12O3. The van der Waals surface area contributed by atoms with Crippen molar-refractivity contribution in [3.05, 3.63) is 35.4 Å². The molecule has 0 aliphatic rings. The summed E-state index contributed by atoms with van der Waals surface area (Å²) >= 11 is 0. The van der Waals surface area contributed by atoms with Crippen LogP contribution in [0.25, 0.3) is 6.08 Å². The molecule has 3 heteroatoms. The van der Waals surface area contributed by atoms with E-state index < -0.39 is 5.97 Å². The predicted molar refractivity (Wildman–Crippen MR) is 53.9 cm³/mol. The normalized spacial score (nSPS) is 10.4. The minimum atomic E-state index is -0.439. The maximum Gasteiger partial charge on any atom is 0.330 e. The van der Waals surface area contributed by atoms with Gasteiger partial charge < -0.3 is 9.84 Å². The molecule has 0 amide bonds. The summed E-state index contributed by atoms with van der Waals surface area (Å²) in [6, 6.07) is 5.33. The van der Waals surface area contributed by atoms with E-state index in [4.69, 9.17) is 0 Å². The molecule has 0 aromatic heterocycles. The van der Waals surface area contributed by atoms with Crippen molar-refractivity contribution in [2.45, 2.75) is 6.92 Å². The predicted octanol–water partition coefficient (Wildman–Crippen LogP) is 1.89. The highest BCUT2D eigenvalue weighted by atomic mass is 16.5. The summed E-state index contributed by atoms with van der Waals surface area (Å²) in [4.78, 5) is 10.8. The zero-order chi connectivity index (χ0) is 10.6. The lowest BCUT2D eigenvalue weighted by atomic mass is 10.1. The molecule has 0 saturated carbocycles. The second kappa shape index (κ2) is 4.46. The number of carbonyl (C=O) groups is 1. The summed E-state index contributed by atoms with van der Waals surface area (Å²) in [5.74, 6) is -0.251. The van der Waals surface area contributed by atoms with Crippen molar-refractivity contribution in [3.63, 3.8) is 0 Å². The molecule has 1 rings (SSSR count). The Morgan fingerprint density at radius 2 is 2.21 bits per heavy atom. The van der Waals surface area contributed by atoms with E-state index >= 15 is 0 Å². The zero-order valence-electron chi connectivity index (χ0n) is 8.15. The summed E-state index contributed by atoms with van der Waals surface area (Å²) in [7, 11) is 1.31. The van der Waals surface area contributed by atoms with Gasteiger partial charge in [0.1, 0.15) is 5.75 Å². The van der Waals surface area contributed by atoms with Crippen molar-refractivity contribution in [2.75, 3.05) is 7.11 Å². The smallest absolute Gasteiger partial charge is 0.330 e. The fourth-order valence-electron chi connectivity index (χ4n) is 1.04. The molecule has 0 spiro atoms. The maximum atomic E-state index is 10.8. The Bertz CT molecular complexity index is 367. The Morgan fingerprint density at radius 1 is 1.50 bits per heavy atom. The number of hydrogen-bond acceptors (Lipinski definition) is 3. The molecule has 0 heterocycles. The first-order valence-electron chi connectivity index (χ1n) is 4.19. The van der Waals surface area contributed by atoms with Gasteiger partial charge in [0.05, 0.1) is 7.11 Å². The molecule has 1 aromatic carbocycles. The number of hydrogen-bond donors (Lipinski definition) is 1. The maximum absolute atomic E-state index is 10.8. The first kappa shape index (κ1) is 10.3. The molecule has 14 heavy (non-hydrogen) atoms. The molecule has 1 N–H and O–H groups in total. The van der Waals surface area contributed by atoms with E-state index in [9.17, 15) is 9.90 Å². The molecule has 0 atom stereocenters. The third kappa shape index (κ3) is 2.36. The molecule has 0 aliphatic carbocycles. The van der Waals surface area contributed by atoms with Gasteiger partial charge in [-0.2, -0.15) is 0 Å². The summed E-state index contributed by atoms with van der Waals surface area (Å²) in [6.07, 6.45) is 2.79. The van der Waals surface area contributed by atoms with E-state index in [-0.39, 0.29) is 5.75 Å². The lowest BCUT2D eigenvalue weighted by molar-refractivity contribution is -0.134. The van der Waals surface area contributed by atoms with Crippen molar-refractivity contribution in [1.29, 1.82) is 0 Å². The molecule has 0 aliphatic heterocycles. The van der Waals surface area contributed by atoms with E-state index in [2.05, 4.69) is 4.74 Å². The van der Waals surface area contributed by atoms with Gasteiger partial charge in [-0.25, -0.2) is 4.79 Å². The number of esters is 1. The number of phenolic OH excluding ortho intramolecular Hbond substituents is 1. The van der Waals surface area contributed by atoms with Gasteiger partial charge in [-0.1, -0.05) is 18.2 Å². The van der Waals surface area contributed by atoms with Gasteiger partial charge in [0, 0.05) is 11.6 Å². The number of aryl methyl sites for hydroxylation is 1. The molecule has 3 nitrogen and oxygen atoms in total. The van der Waals surface area contributed by atoms with E-state index in [1.54, 1.807) is 19.1 Å². The van der Waals surface area contributed by atoms with Gasteiger partial charge in [-0.15, -0.1) is 0 Å². The molecule has 1 aromatic rings. The summed E-state index contributed by atoms with van der Waals surface area (Å²) in [5, 5.41) is 9.58. The first-order chi connectivity index (χ1) is 6.65. The lowest BCUT2D eigenvalue weighted by Crippen LogP contribution is -1.93. The van der Waals surface area contributed by atoms with E-state index in [0.29, 0.717) is 5.56 Å². The number of aromatic hydroxyl groups is 1. The number of carbonyl (C=O) groups excluding carboxylic acids is 1.